The molecule has 6 rings (SSSR count). The van der Waals surface area contributed by atoms with Crippen molar-refractivity contribution in [1.82, 2.24) is 29.5 Å². The zero-order valence-electron chi connectivity index (χ0n) is 17.7. The highest BCUT2D eigenvalue weighted by Gasteiger charge is 2.16. The first kappa shape index (κ1) is 19.7. The molecule has 0 radical (unpaired) electrons. The van der Waals surface area contributed by atoms with Crippen LogP contribution in [0.4, 0.5) is 4.39 Å². The third kappa shape index (κ3) is 3.25. The van der Waals surface area contributed by atoms with Gasteiger partial charge in [0.15, 0.2) is 5.82 Å². The first-order chi connectivity index (χ1) is 16.6. The number of H-pyrrole nitrogens is 2. The van der Waals surface area contributed by atoms with Gasteiger partial charge < -0.3 is 14.5 Å². The molecule has 2 N–H and O–H groups in total. The summed E-state index contributed by atoms with van der Waals surface area (Å²) in [5.74, 6) is -0.471. The topological polar surface area (TPSA) is 108 Å². The van der Waals surface area contributed by atoms with Gasteiger partial charge in [0.05, 0.1) is 33.9 Å². The summed E-state index contributed by atoms with van der Waals surface area (Å²) < 4.78 is 18.6. The van der Waals surface area contributed by atoms with Crippen LogP contribution >= 0.6 is 0 Å². The number of halogens is 1. The van der Waals surface area contributed by atoms with Crippen molar-refractivity contribution < 1.29 is 4.39 Å². The molecule has 0 atom stereocenters. The molecule has 0 spiro atoms. The molecule has 0 saturated carbocycles. The molecule has 0 amide bonds. The number of nitrogens with zero attached hydrogens (tertiary/aromatic N) is 5. The van der Waals surface area contributed by atoms with Crippen molar-refractivity contribution in [3.63, 3.8) is 0 Å². The number of nitriles is 1. The Bertz CT molecular complexity index is 1780. The Morgan fingerprint density at radius 3 is 2.65 bits per heavy atom. The van der Waals surface area contributed by atoms with Gasteiger partial charge in [0, 0.05) is 24.0 Å². The minimum absolute atomic E-state index is 0.164. The predicted molar refractivity (Wildman–Crippen MR) is 125 cm³/mol. The molecule has 0 aliphatic rings. The van der Waals surface area contributed by atoms with Gasteiger partial charge in [-0.25, -0.2) is 13.9 Å². The van der Waals surface area contributed by atoms with Crippen molar-refractivity contribution in [2.75, 3.05) is 0 Å². The van der Waals surface area contributed by atoms with Crippen LogP contribution in [0.5, 0.6) is 0 Å². The lowest BCUT2D eigenvalue weighted by Crippen LogP contribution is -2.01. The first-order valence-corrected chi connectivity index (χ1v) is 10.5. The number of benzene rings is 3. The lowest BCUT2D eigenvalue weighted by atomic mass is 10.1. The zero-order valence-corrected chi connectivity index (χ0v) is 17.7. The fourth-order valence-corrected chi connectivity index (χ4v) is 4.17. The molecule has 34 heavy (non-hydrogen) atoms. The van der Waals surface area contributed by atoms with Crippen LogP contribution in [0.2, 0.25) is 0 Å². The van der Waals surface area contributed by atoms with Crippen molar-refractivity contribution in [3.05, 3.63) is 100 Å². The van der Waals surface area contributed by atoms with Crippen LogP contribution in [-0.4, -0.2) is 29.5 Å². The molecule has 0 aliphatic heterocycles. The number of nitrogens with one attached hydrogen (secondary N) is 2. The van der Waals surface area contributed by atoms with Gasteiger partial charge in [0.1, 0.15) is 5.52 Å². The van der Waals surface area contributed by atoms with Gasteiger partial charge in [-0.1, -0.05) is 17.3 Å². The van der Waals surface area contributed by atoms with Crippen molar-refractivity contribution >= 4 is 22.1 Å². The Morgan fingerprint density at radius 2 is 1.82 bits per heavy atom. The van der Waals surface area contributed by atoms with Crippen LogP contribution in [0, 0.1) is 17.1 Å². The Kier molecular flexibility index (Phi) is 4.38. The number of hydrogen-bond donors (Lipinski definition) is 2. The van der Waals surface area contributed by atoms with Crippen LogP contribution in [0.15, 0.2) is 77.7 Å². The van der Waals surface area contributed by atoms with Gasteiger partial charge >= 0.3 is 5.69 Å². The Morgan fingerprint density at radius 1 is 1.00 bits per heavy atom. The third-order valence-corrected chi connectivity index (χ3v) is 5.81. The fraction of sp³-hybridized carbons (Fsp3) is 0.0400. The van der Waals surface area contributed by atoms with E-state index in [0.717, 1.165) is 11.3 Å². The van der Waals surface area contributed by atoms with E-state index in [9.17, 15) is 4.79 Å². The predicted octanol–water partition coefficient (Wildman–Crippen LogP) is 4.12. The molecule has 6 aromatic rings. The molecule has 3 aromatic heterocycles. The lowest BCUT2D eigenvalue weighted by molar-refractivity contribution is 0.636. The molecule has 164 valence electrons. The second-order valence-corrected chi connectivity index (χ2v) is 7.97. The molecule has 0 aliphatic carbocycles. The molecule has 0 bridgehead atoms. The van der Waals surface area contributed by atoms with E-state index < -0.39 is 5.82 Å². The number of rotatable bonds is 4. The van der Waals surface area contributed by atoms with Gasteiger partial charge in [-0.2, -0.15) is 5.26 Å². The summed E-state index contributed by atoms with van der Waals surface area (Å²) in [6.45, 7) is 0.572. The van der Waals surface area contributed by atoms with E-state index >= 15 is 4.39 Å². The summed E-state index contributed by atoms with van der Waals surface area (Å²) in [5, 5.41) is 17.2. The van der Waals surface area contributed by atoms with Crippen molar-refractivity contribution in [1.29, 1.82) is 5.26 Å². The van der Waals surface area contributed by atoms with E-state index in [1.54, 1.807) is 35.0 Å². The molecule has 0 fully saturated rings. The van der Waals surface area contributed by atoms with E-state index in [1.165, 1.54) is 6.07 Å². The summed E-state index contributed by atoms with van der Waals surface area (Å²) >= 11 is 0. The second kappa shape index (κ2) is 7.56. The smallest absolute Gasteiger partial charge is 0.323 e. The highest BCUT2D eigenvalue weighted by Crippen LogP contribution is 2.29. The average molecular weight is 449 g/mol. The number of hydrogen-bond acceptors (Lipinski definition) is 4. The van der Waals surface area contributed by atoms with Crippen LogP contribution in [-0.2, 0) is 6.54 Å². The van der Waals surface area contributed by atoms with Crippen molar-refractivity contribution in [2.24, 2.45) is 0 Å². The Labute approximate surface area is 191 Å². The van der Waals surface area contributed by atoms with E-state index in [0.29, 0.717) is 39.9 Å². The SMILES string of the molecule is N#Cc1ccc(Cn2cccc2-c2cc(F)c3nnn(-c4ccc5[nH]c(=O)[nH]c5c4)c3c2)cc1. The van der Waals surface area contributed by atoms with Crippen molar-refractivity contribution in [3.8, 4) is 23.0 Å². The van der Waals surface area contributed by atoms with Gasteiger partial charge in [0.2, 0.25) is 0 Å². The standard InChI is InChI=1S/C25H16FN7O/c26-19-10-17(22-2-1-9-32(22)14-16-5-3-15(13-27)4-6-16)11-23-24(19)30-31-33(23)18-7-8-20-21(12-18)29-25(34)28-20/h1-12H,14H2,(H2,28,29,34). The minimum atomic E-state index is -0.471. The lowest BCUT2D eigenvalue weighted by Gasteiger charge is -2.11. The van der Waals surface area contributed by atoms with E-state index in [2.05, 4.69) is 26.3 Å². The van der Waals surface area contributed by atoms with Gasteiger partial charge in [-0.05, 0) is 60.2 Å². The molecular weight excluding hydrogens is 433 g/mol. The van der Waals surface area contributed by atoms with Crippen LogP contribution in [0.1, 0.15) is 11.1 Å². The maximum atomic E-state index is 15.1. The summed E-state index contributed by atoms with van der Waals surface area (Å²) in [6, 6.07) is 22.0. The monoisotopic (exact) mass is 449 g/mol. The average Bonchev–Trinajstić information content (AvgIpc) is 3.56. The van der Waals surface area contributed by atoms with Crippen LogP contribution in [0.3, 0.4) is 0 Å². The third-order valence-electron chi connectivity index (χ3n) is 5.81. The normalized spacial score (nSPS) is 11.3. The summed E-state index contributed by atoms with van der Waals surface area (Å²) in [4.78, 5) is 17.0. The summed E-state index contributed by atoms with van der Waals surface area (Å²) in [5.41, 5.74) is 5.47. The van der Waals surface area contributed by atoms with E-state index in [4.69, 9.17) is 5.26 Å². The summed E-state index contributed by atoms with van der Waals surface area (Å²) in [7, 11) is 0. The van der Waals surface area contributed by atoms with Crippen molar-refractivity contribution in [2.45, 2.75) is 6.54 Å². The maximum absolute atomic E-state index is 15.1. The minimum Gasteiger partial charge on any atom is -0.343 e. The number of imidazole rings is 1. The van der Waals surface area contributed by atoms with Crippen LogP contribution < -0.4 is 5.69 Å². The fourth-order valence-electron chi connectivity index (χ4n) is 4.17. The highest BCUT2D eigenvalue weighted by molar-refractivity contribution is 5.84. The molecule has 0 unspecified atom stereocenters. The zero-order chi connectivity index (χ0) is 23.2. The maximum Gasteiger partial charge on any atom is 0.323 e. The molecule has 3 heterocycles. The Balaban J connectivity index is 1.43. The largest absolute Gasteiger partial charge is 0.343 e. The number of aromatic amines is 2. The van der Waals surface area contributed by atoms with Gasteiger partial charge in [-0.15, -0.1) is 5.10 Å². The first-order valence-electron chi connectivity index (χ1n) is 10.5. The Hall–Kier alpha value is -4.97. The second-order valence-electron chi connectivity index (χ2n) is 7.97. The molecule has 3 aromatic carbocycles. The molecule has 8 nitrogen and oxygen atoms in total. The van der Waals surface area contributed by atoms with Gasteiger partial charge in [-0.3, -0.25) is 0 Å². The highest BCUT2D eigenvalue weighted by atomic mass is 19.1. The number of aromatic nitrogens is 6. The van der Waals surface area contributed by atoms with E-state index in [1.807, 2.05) is 41.1 Å². The molecular formula is C25H16FN7O. The summed E-state index contributed by atoms with van der Waals surface area (Å²) in [6.07, 6.45) is 1.93. The quantitative estimate of drug-likeness (QED) is 0.422. The van der Waals surface area contributed by atoms with Gasteiger partial charge in [0.25, 0.3) is 0 Å². The van der Waals surface area contributed by atoms with E-state index in [-0.39, 0.29) is 11.2 Å². The molecule has 9 heteroatoms. The van der Waals surface area contributed by atoms with Crippen LogP contribution in [0.25, 0.3) is 39.0 Å². The molecule has 0 saturated heterocycles. The number of fused-ring (bicyclic) bond motifs is 2.